The van der Waals surface area contributed by atoms with Gasteiger partial charge >= 0.3 is 0 Å². The fourth-order valence-corrected chi connectivity index (χ4v) is 2.57. The Morgan fingerprint density at radius 3 is 2.46 bits per heavy atom. The van der Waals surface area contributed by atoms with Crippen LogP contribution in [0.2, 0.25) is 0 Å². The van der Waals surface area contributed by atoms with Gasteiger partial charge < -0.3 is 9.26 Å². The Kier molecular flexibility index (Phi) is 4.21. The summed E-state index contributed by atoms with van der Waals surface area (Å²) in [7, 11) is 0. The van der Waals surface area contributed by atoms with E-state index < -0.39 is 11.6 Å². The Labute approximate surface area is 153 Å². The zero-order valence-corrected chi connectivity index (χ0v) is 14.5. The van der Waals surface area contributed by atoms with E-state index in [1.807, 2.05) is 0 Å². The van der Waals surface area contributed by atoms with Gasteiger partial charge in [0.15, 0.2) is 11.6 Å². The highest BCUT2D eigenvalue weighted by atomic mass is 79.9. The van der Waals surface area contributed by atoms with E-state index in [1.54, 1.807) is 30.5 Å². The predicted octanol–water partition coefficient (Wildman–Crippen LogP) is 4.96. The van der Waals surface area contributed by atoms with Gasteiger partial charge in [0.05, 0.1) is 10.7 Å². The number of H-pyrrole nitrogens is 1. The van der Waals surface area contributed by atoms with Crippen molar-refractivity contribution in [1.82, 2.24) is 20.3 Å². The zero-order chi connectivity index (χ0) is 18.1. The first kappa shape index (κ1) is 16.4. The van der Waals surface area contributed by atoms with Gasteiger partial charge in [-0.25, -0.2) is 8.78 Å². The van der Waals surface area contributed by atoms with Crippen molar-refractivity contribution in [2.75, 3.05) is 0 Å². The average Bonchev–Trinajstić information content (AvgIpc) is 3.28. The van der Waals surface area contributed by atoms with Gasteiger partial charge in [0.2, 0.25) is 5.82 Å². The third kappa shape index (κ3) is 3.21. The highest BCUT2D eigenvalue weighted by molar-refractivity contribution is 9.10. The van der Waals surface area contributed by atoms with E-state index in [1.165, 1.54) is 6.07 Å². The van der Waals surface area contributed by atoms with Crippen LogP contribution in [0.1, 0.15) is 0 Å². The molecule has 4 aromatic rings. The maximum Gasteiger partial charge on any atom is 0.277 e. The molecule has 6 nitrogen and oxygen atoms in total. The van der Waals surface area contributed by atoms with E-state index in [0.29, 0.717) is 33.2 Å². The minimum atomic E-state index is -0.969. The summed E-state index contributed by atoms with van der Waals surface area (Å²) in [4.78, 5) is 4.31. The molecule has 1 N–H and O–H groups in total. The number of aromatic amines is 1. The summed E-state index contributed by atoms with van der Waals surface area (Å²) in [6.07, 6.45) is 1.59. The van der Waals surface area contributed by atoms with Crippen LogP contribution < -0.4 is 4.74 Å². The number of nitrogens with one attached hydrogen (secondary N) is 1. The normalized spacial score (nSPS) is 10.9. The number of aromatic nitrogens is 4. The minimum absolute atomic E-state index is 0.197. The molecule has 0 unspecified atom stereocenters. The van der Waals surface area contributed by atoms with Crippen LogP contribution in [0.15, 0.2) is 57.7 Å². The Morgan fingerprint density at radius 2 is 1.77 bits per heavy atom. The van der Waals surface area contributed by atoms with Gasteiger partial charge in [0.1, 0.15) is 17.2 Å². The number of ether oxygens (including phenoxy) is 1. The molecule has 26 heavy (non-hydrogen) atoms. The molecule has 0 spiro atoms. The van der Waals surface area contributed by atoms with Crippen molar-refractivity contribution in [3.63, 3.8) is 0 Å². The van der Waals surface area contributed by atoms with Crippen molar-refractivity contribution in [3.05, 3.63) is 64.8 Å². The van der Waals surface area contributed by atoms with Crippen LogP contribution in [0.5, 0.6) is 11.5 Å². The quantitative estimate of drug-likeness (QED) is 0.506. The summed E-state index contributed by atoms with van der Waals surface area (Å²) in [6, 6.07) is 10.1. The molecule has 2 heterocycles. The molecule has 0 fully saturated rings. The molecule has 130 valence electrons. The Bertz CT molecular complexity index is 1060. The largest absolute Gasteiger partial charge is 0.457 e. The number of nitrogens with zero attached hydrogens (tertiary/aromatic N) is 3. The standard InChI is InChI=1S/C17H9BrF2N4O2/c18-12-8-21-23-15(12)17-22-16(24-26-17)9-1-3-10(4-2-9)25-11-5-6-13(19)14(20)7-11/h1-8H,(H,21,23). The van der Waals surface area contributed by atoms with E-state index in [2.05, 4.69) is 36.3 Å². The molecule has 9 heteroatoms. The third-order valence-electron chi connectivity index (χ3n) is 3.47. The number of rotatable bonds is 4. The number of hydrogen-bond donors (Lipinski definition) is 1. The first-order valence-corrected chi connectivity index (χ1v) is 8.16. The summed E-state index contributed by atoms with van der Waals surface area (Å²) in [5.41, 5.74) is 1.29. The Balaban J connectivity index is 1.53. The SMILES string of the molecule is Fc1ccc(Oc2ccc(-c3noc(-c4[nH]ncc4Br)n3)cc2)cc1F. The van der Waals surface area contributed by atoms with E-state index in [-0.39, 0.29) is 5.75 Å². The van der Waals surface area contributed by atoms with Gasteiger partial charge in [-0.1, -0.05) is 5.16 Å². The molecule has 4 rings (SSSR count). The topological polar surface area (TPSA) is 76.8 Å². The fraction of sp³-hybridized carbons (Fsp3) is 0. The fourth-order valence-electron chi connectivity index (χ4n) is 2.21. The molecular formula is C17H9BrF2N4O2. The van der Waals surface area contributed by atoms with Crippen molar-refractivity contribution in [1.29, 1.82) is 0 Å². The number of halogens is 3. The van der Waals surface area contributed by atoms with Crippen LogP contribution in [0.25, 0.3) is 23.0 Å². The summed E-state index contributed by atoms with van der Waals surface area (Å²) in [5, 5.41) is 10.6. The molecule has 0 radical (unpaired) electrons. The van der Waals surface area contributed by atoms with Gasteiger partial charge in [0, 0.05) is 11.6 Å². The monoisotopic (exact) mass is 418 g/mol. The van der Waals surface area contributed by atoms with Crippen LogP contribution in [0.3, 0.4) is 0 Å². The molecule has 0 bridgehead atoms. The summed E-state index contributed by atoms with van der Waals surface area (Å²) in [5.74, 6) is -0.553. The van der Waals surface area contributed by atoms with Crippen molar-refractivity contribution >= 4 is 15.9 Å². The smallest absolute Gasteiger partial charge is 0.277 e. The van der Waals surface area contributed by atoms with Crippen LogP contribution in [-0.2, 0) is 0 Å². The highest BCUT2D eigenvalue weighted by Crippen LogP contribution is 2.28. The molecule has 0 aliphatic heterocycles. The summed E-state index contributed by atoms with van der Waals surface area (Å²) < 4.78 is 37.6. The number of hydrogen-bond acceptors (Lipinski definition) is 5. The molecule has 0 atom stereocenters. The second kappa shape index (κ2) is 6.68. The maximum atomic E-state index is 13.2. The van der Waals surface area contributed by atoms with Gasteiger partial charge in [-0.2, -0.15) is 10.1 Å². The van der Waals surface area contributed by atoms with Gasteiger partial charge in [-0.3, -0.25) is 5.10 Å². The zero-order valence-electron chi connectivity index (χ0n) is 12.9. The van der Waals surface area contributed by atoms with Crippen molar-refractivity contribution in [3.8, 4) is 34.5 Å². The van der Waals surface area contributed by atoms with E-state index in [4.69, 9.17) is 9.26 Å². The second-order valence-electron chi connectivity index (χ2n) is 5.22. The summed E-state index contributed by atoms with van der Waals surface area (Å²) >= 11 is 3.33. The van der Waals surface area contributed by atoms with Gasteiger partial charge in [-0.15, -0.1) is 0 Å². The first-order valence-electron chi connectivity index (χ1n) is 7.36. The lowest BCUT2D eigenvalue weighted by atomic mass is 10.2. The van der Waals surface area contributed by atoms with Crippen molar-refractivity contribution < 1.29 is 18.0 Å². The molecule has 0 saturated carbocycles. The third-order valence-corrected chi connectivity index (χ3v) is 4.07. The Hall–Kier alpha value is -3.07. The molecule has 0 aliphatic rings. The van der Waals surface area contributed by atoms with E-state index in [0.717, 1.165) is 12.1 Å². The highest BCUT2D eigenvalue weighted by Gasteiger charge is 2.15. The minimum Gasteiger partial charge on any atom is -0.457 e. The van der Waals surface area contributed by atoms with Gasteiger partial charge in [-0.05, 0) is 52.3 Å². The molecule has 2 aromatic heterocycles. The van der Waals surface area contributed by atoms with Crippen LogP contribution in [0.4, 0.5) is 8.78 Å². The molecule has 2 aromatic carbocycles. The molecule has 0 amide bonds. The van der Waals surface area contributed by atoms with Crippen molar-refractivity contribution in [2.24, 2.45) is 0 Å². The van der Waals surface area contributed by atoms with E-state index in [9.17, 15) is 8.78 Å². The number of benzene rings is 2. The average molecular weight is 419 g/mol. The molecular weight excluding hydrogens is 410 g/mol. The van der Waals surface area contributed by atoms with Crippen molar-refractivity contribution in [2.45, 2.75) is 0 Å². The Morgan fingerprint density at radius 1 is 1.00 bits per heavy atom. The van der Waals surface area contributed by atoms with Crippen LogP contribution >= 0.6 is 15.9 Å². The lowest BCUT2D eigenvalue weighted by molar-refractivity contribution is 0.430. The molecule has 0 aliphatic carbocycles. The lowest BCUT2D eigenvalue weighted by Gasteiger charge is -2.06. The summed E-state index contributed by atoms with van der Waals surface area (Å²) in [6.45, 7) is 0. The second-order valence-corrected chi connectivity index (χ2v) is 6.07. The maximum absolute atomic E-state index is 13.2. The first-order chi connectivity index (χ1) is 12.6. The van der Waals surface area contributed by atoms with E-state index >= 15 is 0 Å². The van der Waals surface area contributed by atoms with Crippen LogP contribution in [-0.4, -0.2) is 20.3 Å². The lowest BCUT2D eigenvalue weighted by Crippen LogP contribution is -1.88. The predicted molar refractivity (Wildman–Crippen MR) is 91.4 cm³/mol. The molecule has 0 saturated heterocycles. The van der Waals surface area contributed by atoms with Gasteiger partial charge in [0.25, 0.3) is 5.89 Å². The van der Waals surface area contributed by atoms with Crippen LogP contribution in [0, 0.1) is 11.6 Å².